The largest absolute Gasteiger partial charge is 0.481 e. The van der Waals surface area contributed by atoms with Gasteiger partial charge in [0.25, 0.3) is 11.8 Å². The standard InChI is InChI=1S/C68H102N10O17/c1-16-41(8)59(51(93-14)36-55(82)77-33-20-23-50(77)61(94-15)42(9)62(86)69-43(10)60(85)46-21-18-17-19-22-46)75(12)67(91)57(39(4)5)74-66(90)58(40(6)7)76(13)68(92)95-37-45-25-27-47(28-26-45)71-65(89)49(35-56(83)84)73-63(87)44(11)70-64(88)48(29-24-38(2)3)72-52(79)32-34-78-53(80)30-31-54(78)81/h17-19,21-22,25-28,30-31,38-44,48-51,57-61,85H,16,20,23-24,29,32-37H2,1-15H3,(H,69,86)(H,70,88)(H,71,89)(H,72,79)(H,73,87)(H,74,90)(H,83,84)/t41-,42+,43+,44-,48+,49-,50-,51+,57-,58-,59-,60+,61+/m0/s1. The van der Waals surface area contributed by atoms with E-state index in [1.165, 1.54) is 57.4 Å². The van der Waals surface area contributed by atoms with Crippen molar-refractivity contribution in [1.82, 2.24) is 46.2 Å². The number of aliphatic hydroxyl groups excluding tert-OH is 1. The van der Waals surface area contributed by atoms with Crippen LogP contribution < -0.4 is 31.9 Å². The van der Waals surface area contributed by atoms with Crippen molar-refractivity contribution >= 4 is 76.8 Å². The van der Waals surface area contributed by atoms with E-state index in [0.717, 1.165) is 22.0 Å². The third-order valence-electron chi connectivity index (χ3n) is 17.6. The number of carbonyl (C=O) groups excluding carboxylic acids is 11. The molecule has 13 atom stereocenters. The van der Waals surface area contributed by atoms with Gasteiger partial charge < -0.3 is 66.1 Å². The number of hydrogen-bond acceptors (Lipinski definition) is 16. The van der Waals surface area contributed by atoms with Crippen LogP contribution >= 0.6 is 0 Å². The summed E-state index contributed by atoms with van der Waals surface area (Å²) < 4.78 is 17.7. The van der Waals surface area contributed by atoms with Gasteiger partial charge in [0.2, 0.25) is 47.3 Å². The Bertz CT molecular complexity index is 2980. The van der Waals surface area contributed by atoms with E-state index >= 15 is 0 Å². The molecular weight excluding hydrogens is 1230 g/mol. The van der Waals surface area contributed by atoms with Gasteiger partial charge in [-0.2, -0.15) is 0 Å². The van der Waals surface area contributed by atoms with Crippen LogP contribution in [-0.2, 0) is 73.6 Å². The molecule has 27 nitrogen and oxygen atoms in total. The molecule has 0 saturated carbocycles. The third kappa shape index (κ3) is 23.0. The monoisotopic (exact) mass is 1330 g/mol. The molecule has 2 heterocycles. The Hall–Kier alpha value is -8.30. The van der Waals surface area contributed by atoms with E-state index in [4.69, 9.17) is 14.2 Å². The van der Waals surface area contributed by atoms with E-state index in [1.807, 2.05) is 45.9 Å². The summed E-state index contributed by atoms with van der Waals surface area (Å²) in [6.45, 7) is 19.5. The number of amides is 11. The number of methoxy groups -OCH3 is 2. The molecule has 0 aromatic heterocycles. The highest BCUT2D eigenvalue weighted by Gasteiger charge is 2.44. The molecule has 0 unspecified atom stereocenters. The van der Waals surface area contributed by atoms with Gasteiger partial charge in [0.15, 0.2) is 0 Å². The van der Waals surface area contributed by atoms with Gasteiger partial charge >= 0.3 is 12.1 Å². The molecule has 1 saturated heterocycles. The smallest absolute Gasteiger partial charge is 0.410 e. The van der Waals surface area contributed by atoms with Crippen LogP contribution in [0.4, 0.5) is 10.5 Å². The summed E-state index contributed by atoms with van der Waals surface area (Å²) in [7, 11) is 6.01. The van der Waals surface area contributed by atoms with Gasteiger partial charge in [-0.15, -0.1) is 0 Å². The fourth-order valence-corrected chi connectivity index (χ4v) is 11.8. The lowest BCUT2D eigenvalue weighted by Crippen LogP contribution is -2.60. The number of aliphatic carboxylic acids is 1. The van der Waals surface area contributed by atoms with E-state index in [9.17, 15) is 67.7 Å². The number of aliphatic hydroxyl groups is 1. The molecule has 0 radical (unpaired) electrons. The van der Waals surface area contributed by atoms with Crippen molar-refractivity contribution in [2.45, 2.75) is 201 Å². The highest BCUT2D eigenvalue weighted by atomic mass is 16.6. The maximum atomic E-state index is 14.8. The molecule has 526 valence electrons. The van der Waals surface area contributed by atoms with Gasteiger partial charge in [0.05, 0.1) is 55.2 Å². The fraction of sp³-hybridized carbons (Fsp3) is 0.618. The number of ether oxygens (including phenoxy) is 3. The molecule has 27 heteroatoms. The first kappa shape index (κ1) is 79.1. The first-order chi connectivity index (χ1) is 44.8. The highest BCUT2D eigenvalue weighted by Crippen LogP contribution is 2.31. The van der Waals surface area contributed by atoms with E-state index in [1.54, 1.807) is 65.6 Å². The summed E-state index contributed by atoms with van der Waals surface area (Å²) >= 11 is 0. The molecule has 8 N–H and O–H groups in total. The minimum Gasteiger partial charge on any atom is -0.481 e. The molecule has 2 aliphatic rings. The number of imide groups is 1. The first-order valence-corrected chi connectivity index (χ1v) is 32.7. The van der Waals surface area contributed by atoms with E-state index in [2.05, 4.69) is 31.9 Å². The van der Waals surface area contributed by atoms with Gasteiger partial charge in [-0.3, -0.25) is 62.5 Å². The molecule has 2 aromatic rings. The first-order valence-electron chi connectivity index (χ1n) is 32.7. The van der Waals surface area contributed by atoms with E-state index in [-0.39, 0.29) is 61.8 Å². The number of likely N-dealkylation sites (N-methyl/N-ethyl adjacent to an activating group) is 2. The van der Waals surface area contributed by atoms with E-state index in [0.29, 0.717) is 43.4 Å². The van der Waals surface area contributed by atoms with Crippen LogP contribution in [0.15, 0.2) is 66.7 Å². The number of carboxylic acids is 1. The van der Waals surface area contributed by atoms with Crippen molar-refractivity contribution in [3.05, 3.63) is 77.9 Å². The molecule has 1 fully saturated rings. The van der Waals surface area contributed by atoms with Crippen LogP contribution in [0.3, 0.4) is 0 Å². The minimum atomic E-state index is -1.62. The molecule has 4 rings (SSSR count). The molecule has 0 aliphatic carbocycles. The average molecular weight is 1330 g/mol. The minimum absolute atomic E-state index is 0.106. The molecule has 0 bridgehead atoms. The summed E-state index contributed by atoms with van der Waals surface area (Å²) in [6.07, 6.45) is 0.194. The summed E-state index contributed by atoms with van der Waals surface area (Å²) in [5.74, 6) is -9.06. The summed E-state index contributed by atoms with van der Waals surface area (Å²) in [5.41, 5.74) is 1.29. The highest BCUT2D eigenvalue weighted by molar-refractivity contribution is 6.13. The number of benzene rings is 2. The Kier molecular flexibility index (Phi) is 31.4. The van der Waals surface area contributed by atoms with Gasteiger partial charge in [-0.05, 0) is 86.5 Å². The lowest BCUT2D eigenvalue weighted by atomic mass is 9.89. The number of carboxylic acid groups (broad SMARTS) is 1. The van der Waals surface area contributed by atoms with Crippen molar-refractivity contribution in [2.75, 3.05) is 46.7 Å². The summed E-state index contributed by atoms with van der Waals surface area (Å²) in [6, 6.07) is 7.02. The Labute approximate surface area is 557 Å². The maximum absolute atomic E-state index is 14.8. The van der Waals surface area contributed by atoms with Crippen LogP contribution in [0.25, 0.3) is 0 Å². The van der Waals surface area contributed by atoms with Crippen LogP contribution in [0.5, 0.6) is 0 Å². The normalized spacial score (nSPS) is 17.7. The number of hydrogen-bond donors (Lipinski definition) is 8. The molecule has 95 heavy (non-hydrogen) atoms. The van der Waals surface area contributed by atoms with Crippen molar-refractivity contribution in [2.24, 2.45) is 29.6 Å². The Morgan fingerprint density at radius 1 is 0.684 bits per heavy atom. The number of nitrogens with zero attached hydrogens (tertiary/aromatic N) is 4. The lowest BCUT2D eigenvalue weighted by Gasteiger charge is -2.41. The predicted octanol–water partition coefficient (Wildman–Crippen LogP) is 4.22. The summed E-state index contributed by atoms with van der Waals surface area (Å²) in [5, 5.41) is 36.5. The van der Waals surface area contributed by atoms with Gasteiger partial charge in [-0.25, -0.2) is 4.79 Å². The topological polar surface area (TPSA) is 358 Å². The number of carbonyl (C=O) groups is 12. The number of likely N-dealkylation sites (tertiary alicyclic amines) is 1. The molecule has 11 amide bonds. The van der Waals surface area contributed by atoms with Gasteiger partial charge in [0.1, 0.15) is 36.8 Å². The van der Waals surface area contributed by atoms with Gasteiger partial charge in [-0.1, -0.05) is 111 Å². The van der Waals surface area contributed by atoms with Gasteiger partial charge in [0, 0.05) is 65.7 Å². The molecule has 0 spiro atoms. The second kappa shape index (κ2) is 37.7. The fourth-order valence-electron chi connectivity index (χ4n) is 11.8. The maximum Gasteiger partial charge on any atom is 0.410 e. The Morgan fingerprint density at radius 3 is 1.87 bits per heavy atom. The van der Waals surface area contributed by atoms with Crippen molar-refractivity contribution in [3.8, 4) is 0 Å². The number of rotatable bonds is 37. The number of anilines is 1. The zero-order chi connectivity index (χ0) is 71.1. The Morgan fingerprint density at radius 2 is 1.32 bits per heavy atom. The van der Waals surface area contributed by atoms with Crippen LogP contribution in [0.1, 0.15) is 145 Å². The lowest BCUT2D eigenvalue weighted by molar-refractivity contribution is -0.148. The zero-order valence-corrected chi connectivity index (χ0v) is 57.7. The van der Waals surface area contributed by atoms with Crippen LogP contribution in [-0.4, -0.2) is 203 Å². The SMILES string of the molecule is CC[C@H](C)[C@@H]([C@@H](CC(=O)N1CCC[C@H]1[C@H](OC)[C@@H](C)C(=O)N[C@H](C)[C@@H](O)c1ccccc1)OC)N(C)C(=O)[C@@H](NC(=O)[C@H](C(C)C)N(C)C(=O)OCc1ccc(NC(=O)[C@H](CC(=O)O)NC(=O)[C@H](C)NC(=O)[C@@H](CCC(C)C)NC(=O)CCN2C(=O)C=CC2=O)cc1)C(C)C. The molecular formula is C68H102N10O17. The van der Waals surface area contributed by atoms with Crippen LogP contribution in [0, 0.1) is 29.6 Å². The second-order valence-electron chi connectivity index (χ2n) is 25.9. The van der Waals surface area contributed by atoms with Crippen molar-refractivity contribution < 1.29 is 82.0 Å². The number of nitrogens with one attached hydrogen (secondary N) is 6. The zero-order valence-electron chi connectivity index (χ0n) is 57.7. The van der Waals surface area contributed by atoms with Crippen molar-refractivity contribution in [3.63, 3.8) is 0 Å². The average Bonchev–Trinajstić information content (AvgIpc) is 1.77. The van der Waals surface area contributed by atoms with Crippen LogP contribution in [0.2, 0.25) is 0 Å². The third-order valence-corrected chi connectivity index (χ3v) is 17.6. The summed E-state index contributed by atoms with van der Waals surface area (Å²) in [4.78, 5) is 165. The Balaban J connectivity index is 1.36. The second-order valence-corrected chi connectivity index (χ2v) is 25.9. The predicted molar refractivity (Wildman–Crippen MR) is 352 cm³/mol. The van der Waals surface area contributed by atoms with E-state index < -0.39 is 150 Å². The van der Waals surface area contributed by atoms with Crippen molar-refractivity contribution in [1.29, 1.82) is 0 Å². The molecule has 2 aliphatic heterocycles. The quantitative estimate of drug-likeness (QED) is 0.0439. The molecule has 2 aromatic carbocycles.